The molecule has 1 aromatic rings. The average Bonchev–Trinajstić information content (AvgIpc) is 2.46. The molecular formula is C14H23N3O3S. The summed E-state index contributed by atoms with van der Waals surface area (Å²) in [5.41, 5.74) is 6.27. The monoisotopic (exact) mass is 313 g/mol. The Bertz CT molecular complexity index is 564. The fourth-order valence-corrected chi connectivity index (χ4v) is 3.30. The van der Waals surface area contributed by atoms with Gasteiger partial charge in [-0.3, -0.25) is 4.79 Å². The lowest BCUT2D eigenvalue weighted by atomic mass is 10.2. The molecule has 7 heteroatoms. The molecule has 1 rings (SSSR count). The highest BCUT2D eigenvalue weighted by molar-refractivity contribution is 7.89. The number of nitrogens with zero attached hydrogens (tertiary/aromatic N) is 1. The number of sulfonamides is 1. The Morgan fingerprint density at radius 3 is 2.19 bits per heavy atom. The number of rotatable bonds is 7. The molecule has 21 heavy (non-hydrogen) atoms. The van der Waals surface area contributed by atoms with E-state index in [4.69, 9.17) is 5.73 Å². The van der Waals surface area contributed by atoms with Gasteiger partial charge in [0, 0.05) is 19.6 Å². The minimum Gasteiger partial charge on any atom is -0.351 e. The summed E-state index contributed by atoms with van der Waals surface area (Å²) >= 11 is 0. The SMILES string of the molecule is CCN(CC)S(=O)(=O)c1ccc(CNC(=O)C(C)N)cc1. The largest absolute Gasteiger partial charge is 0.351 e. The third-order valence-corrected chi connectivity index (χ3v) is 5.21. The van der Waals surface area contributed by atoms with E-state index < -0.39 is 16.1 Å². The zero-order chi connectivity index (χ0) is 16.0. The molecule has 0 aliphatic carbocycles. The van der Waals surface area contributed by atoms with Crippen molar-refractivity contribution in [1.29, 1.82) is 0 Å². The van der Waals surface area contributed by atoms with Crippen LogP contribution in [0.1, 0.15) is 26.3 Å². The molecule has 1 amide bonds. The van der Waals surface area contributed by atoms with Crippen molar-refractivity contribution < 1.29 is 13.2 Å². The molecule has 0 spiro atoms. The highest BCUT2D eigenvalue weighted by atomic mass is 32.2. The van der Waals surface area contributed by atoms with E-state index in [-0.39, 0.29) is 10.8 Å². The van der Waals surface area contributed by atoms with E-state index in [2.05, 4.69) is 5.32 Å². The van der Waals surface area contributed by atoms with Gasteiger partial charge >= 0.3 is 0 Å². The number of benzene rings is 1. The molecule has 0 aliphatic heterocycles. The number of hydrogen-bond donors (Lipinski definition) is 2. The fraction of sp³-hybridized carbons (Fsp3) is 0.500. The summed E-state index contributed by atoms with van der Waals surface area (Å²) in [6.07, 6.45) is 0. The molecule has 0 saturated carbocycles. The highest BCUT2D eigenvalue weighted by Gasteiger charge is 2.21. The molecule has 1 unspecified atom stereocenters. The van der Waals surface area contributed by atoms with Crippen LogP contribution in [0.3, 0.4) is 0 Å². The van der Waals surface area contributed by atoms with E-state index in [0.717, 1.165) is 5.56 Å². The molecule has 0 aliphatic rings. The van der Waals surface area contributed by atoms with E-state index in [1.807, 2.05) is 0 Å². The van der Waals surface area contributed by atoms with Crippen molar-refractivity contribution in [2.45, 2.75) is 38.3 Å². The second-order valence-corrected chi connectivity index (χ2v) is 6.68. The topological polar surface area (TPSA) is 92.5 Å². The number of hydrogen-bond acceptors (Lipinski definition) is 4. The summed E-state index contributed by atoms with van der Waals surface area (Å²) in [6, 6.07) is 5.94. The molecule has 0 aromatic heterocycles. The summed E-state index contributed by atoms with van der Waals surface area (Å²) in [4.78, 5) is 11.6. The van der Waals surface area contributed by atoms with Crippen LogP contribution in [0.15, 0.2) is 29.2 Å². The molecule has 6 nitrogen and oxygen atoms in total. The predicted molar refractivity (Wildman–Crippen MR) is 82.0 cm³/mol. The minimum atomic E-state index is -3.44. The molecule has 0 heterocycles. The van der Waals surface area contributed by atoms with Crippen LogP contribution in [0.5, 0.6) is 0 Å². The van der Waals surface area contributed by atoms with Gasteiger partial charge in [0.05, 0.1) is 10.9 Å². The lowest BCUT2D eigenvalue weighted by Gasteiger charge is -2.18. The van der Waals surface area contributed by atoms with Crippen LogP contribution in [-0.2, 0) is 21.4 Å². The smallest absolute Gasteiger partial charge is 0.243 e. The van der Waals surface area contributed by atoms with Crippen molar-refractivity contribution in [3.05, 3.63) is 29.8 Å². The third kappa shape index (κ3) is 4.52. The molecule has 118 valence electrons. The van der Waals surface area contributed by atoms with Gasteiger partial charge in [0.25, 0.3) is 0 Å². The van der Waals surface area contributed by atoms with Gasteiger partial charge in [-0.2, -0.15) is 4.31 Å². The number of amides is 1. The number of nitrogens with two attached hydrogens (primary N) is 1. The van der Waals surface area contributed by atoms with Crippen molar-refractivity contribution in [2.75, 3.05) is 13.1 Å². The van der Waals surface area contributed by atoms with Gasteiger partial charge in [-0.1, -0.05) is 26.0 Å². The molecular weight excluding hydrogens is 290 g/mol. The molecule has 0 fully saturated rings. The first kappa shape index (κ1) is 17.6. The first-order chi connectivity index (χ1) is 9.82. The summed E-state index contributed by atoms with van der Waals surface area (Å²) in [7, 11) is -3.44. The predicted octanol–water partition coefficient (Wildman–Crippen LogP) is 0.681. The fourth-order valence-electron chi connectivity index (χ4n) is 1.84. The van der Waals surface area contributed by atoms with Crippen LogP contribution >= 0.6 is 0 Å². The molecule has 1 aromatic carbocycles. The van der Waals surface area contributed by atoms with E-state index in [9.17, 15) is 13.2 Å². The number of nitrogens with one attached hydrogen (secondary N) is 1. The summed E-state index contributed by atoms with van der Waals surface area (Å²) < 4.78 is 26.0. The Labute approximate surface area is 126 Å². The second-order valence-electron chi connectivity index (χ2n) is 4.74. The average molecular weight is 313 g/mol. The molecule has 3 N–H and O–H groups in total. The second kappa shape index (κ2) is 7.53. The van der Waals surface area contributed by atoms with E-state index in [0.29, 0.717) is 19.6 Å². The standard InChI is InChI=1S/C14H23N3O3S/c1-4-17(5-2)21(19,20)13-8-6-12(7-9-13)10-16-14(18)11(3)15/h6-9,11H,4-5,10,15H2,1-3H3,(H,16,18). The summed E-state index contributed by atoms with van der Waals surface area (Å²) in [6.45, 7) is 6.41. The Kier molecular flexibility index (Phi) is 6.32. The van der Waals surface area contributed by atoms with Crippen molar-refractivity contribution in [2.24, 2.45) is 5.73 Å². The Morgan fingerprint density at radius 2 is 1.76 bits per heavy atom. The first-order valence-corrected chi connectivity index (χ1v) is 8.39. The molecule has 1 atom stereocenters. The van der Waals surface area contributed by atoms with Crippen LogP contribution in [0.25, 0.3) is 0 Å². The van der Waals surface area contributed by atoms with Crippen molar-refractivity contribution in [3.8, 4) is 0 Å². The molecule has 0 bridgehead atoms. The molecule has 0 radical (unpaired) electrons. The van der Waals surface area contributed by atoms with Gasteiger partial charge in [0.15, 0.2) is 0 Å². The quantitative estimate of drug-likeness (QED) is 0.774. The van der Waals surface area contributed by atoms with E-state index >= 15 is 0 Å². The maximum Gasteiger partial charge on any atom is 0.243 e. The van der Waals surface area contributed by atoms with Crippen LogP contribution in [-0.4, -0.2) is 37.8 Å². The lowest BCUT2D eigenvalue weighted by molar-refractivity contribution is -0.122. The van der Waals surface area contributed by atoms with Crippen molar-refractivity contribution in [1.82, 2.24) is 9.62 Å². The number of carbonyl (C=O) groups excluding carboxylic acids is 1. The zero-order valence-corrected chi connectivity index (χ0v) is 13.5. The van der Waals surface area contributed by atoms with Gasteiger partial charge in [-0.15, -0.1) is 0 Å². The van der Waals surface area contributed by atoms with Crippen molar-refractivity contribution >= 4 is 15.9 Å². The third-order valence-electron chi connectivity index (χ3n) is 3.15. The molecule has 0 saturated heterocycles. The minimum absolute atomic E-state index is 0.241. The Hall–Kier alpha value is -1.44. The van der Waals surface area contributed by atoms with Gasteiger partial charge in [-0.25, -0.2) is 8.42 Å². The maximum atomic E-state index is 12.3. The summed E-state index contributed by atoms with van der Waals surface area (Å²) in [5, 5.41) is 2.68. The van der Waals surface area contributed by atoms with Crippen LogP contribution in [0.2, 0.25) is 0 Å². The van der Waals surface area contributed by atoms with Crippen LogP contribution in [0, 0.1) is 0 Å². The zero-order valence-electron chi connectivity index (χ0n) is 12.7. The lowest BCUT2D eigenvalue weighted by Crippen LogP contribution is -2.37. The highest BCUT2D eigenvalue weighted by Crippen LogP contribution is 2.16. The Morgan fingerprint density at radius 1 is 1.24 bits per heavy atom. The van der Waals surface area contributed by atoms with Gasteiger partial charge in [0.2, 0.25) is 15.9 Å². The normalized spacial score (nSPS) is 13.2. The summed E-state index contributed by atoms with van der Waals surface area (Å²) in [5.74, 6) is -0.241. The number of carbonyl (C=O) groups is 1. The first-order valence-electron chi connectivity index (χ1n) is 6.95. The van der Waals surface area contributed by atoms with Crippen LogP contribution < -0.4 is 11.1 Å². The van der Waals surface area contributed by atoms with Crippen molar-refractivity contribution in [3.63, 3.8) is 0 Å². The maximum absolute atomic E-state index is 12.3. The van der Waals surface area contributed by atoms with E-state index in [1.54, 1.807) is 45.0 Å². The van der Waals surface area contributed by atoms with Crippen LogP contribution in [0.4, 0.5) is 0 Å². The van der Waals surface area contributed by atoms with Gasteiger partial charge in [0.1, 0.15) is 0 Å². The van der Waals surface area contributed by atoms with Gasteiger partial charge in [-0.05, 0) is 24.6 Å². The van der Waals surface area contributed by atoms with E-state index in [1.165, 1.54) is 4.31 Å². The van der Waals surface area contributed by atoms with Gasteiger partial charge < -0.3 is 11.1 Å². The Balaban J connectivity index is 2.81.